The first-order valence-electron chi connectivity index (χ1n) is 9.13. The summed E-state index contributed by atoms with van der Waals surface area (Å²) in [5, 5.41) is 6.54. The van der Waals surface area contributed by atoms with E-state index in [0.717, 1.165) is 28.5 Å². The van der Waals surface area contributed by atoms with Gasteiger partial charge in [0.15, 0.2) is 5.78 Å². The molecule has 0 radical (unpaired) electrons. The summed E-state index contributed by atoms with van der Waals surface area (Å²) in [6.07, 6.45) is 5.14. The van der Waals surface area contributed by atoms with Crippen molar-refractivity contribution in [3.63, 3.8) is 0 Å². The monoisotopic (exact) mass is 392 g/mol. The van der Waals surface area contributed by atoms with E-state index in [1.807, 2.05) is 41.6 Å². The van der Waals surface area contributed by atoms with Crippen LogP contribution in [0.4, 0.5) is 0 Å². The van der Waals surface area contributed by atoms with Crippen LogP contribution in [0.25, 0.3) is 10.1 Å². The first-order valence-corrected chi connectivity index (χ1v) is 10.0. The van der Waals surface area contributed by atoms with Crippen LogP contribution in [0, 0.1) is 0 Å². The molecule has 0 spiro atoms. The second-order valence-corrected chi connectivity index (χ2v) is 8.25. The highest BCUT2D eigenvalue weighted by Gasteiger charge is 2.36. The average Bonchev–Trinajstić information content (AvgIpc) is 3.21. The lowest BCUT2D eigenvalue weighted by Gasteiger charge is -2.35. The Hall–Kier alpha value is -1.43. The van der Waals surface area contributed by atoms with Crippen LogP contribution < -0.4 is 5.32 Å². The number of Topliss-reactive ketones (excluding diaryl/α,β-unsaturated/α-hetero) is 1. The summed E-state index contributed by atoms with van der Waals surface area (Å²) >= 11 is 1.59. The zero-order chi connectivity index (χ0) is 17.4. The van der Waals surface area contributed by atoms with Crippen LogP contribution in [0.5, 0.6) is 0 Å². The van der Waals surface area contributed by atoms with Crippen molar-refractivity contribution >= 4 is 45.5 Å². The standard InChI is InChI=1S/C20H24N2O2S.ClH/c1-22(15-10-13-6-7-14(11-15)21-13)20(24)9-8-18(23)17-12-25-19-5-3-2-4-16(17)19;/h2-5,12-15,21H,6-11H2,1H3;1H. The van der Waals surface area contributed by atoms with E-state index in [2.05, 4.69) is 5.32 Å². The number of amides is 1. The third kappa shape index (κ3) is 3.80. The van der Waals surface area contributed by atoms with Crippen LogP contribution in [0.15, 0.2) is 29.6 Å². The summed E-state index contributed by atoms with van der Waals surface area (Å²) in [6.45, 7) is 0. The van der Waals surface area contributed by atoms with E-state index in [1.165, 1.54) is 12.8 Å². The van der Waals surface area contributed by atoms with Crippen LogP contribution in [0.1, 0.15) is 48.9 Å². The van der Waals surface area contributed by atoms with Crippen molar-refractivity contribution in [3.05, 3.63) is 35.2 Å². The van der Waals surface area contributed by atoms with Gasteiger partial charge in [0.1, 0.15) is 0 Å². The molecule has 2 fully saturated rings. The summed E-state index contributed by atoms with van der Waals surface area (Å²) < 4.78 is 1.12. The maximum Gasteiger partial charge on any atom is 0.223 e. The van der Waals surface area contributed by atoms with E-state index in [1.54, 1.807) is 11.3 Å². The number of carbonyl (C=O) groups is 2. The Balaban J connectivity index is 0.00000196. The molecule has 6 heteroatoms. The summed E-state index contributed by atoms with van der Waals surface area (Å²) in [7, 11) is 1.90. The average molecular weight is 393 g/mol. The van der Waals surface area contributed by atoms with Crippen molar-refractivity contribution in [3.8, 4) is 0 Å². The minimum atomic E-state index is 0. The highest BCUT2D eigenvalue weighted by molar-refractivity contribution is 7.17. The first kappa shape index (κ1) is 19.3. The second kappa shape index (κ2) is 8.07. The molecule has 1 N–H and O–H groups in total. The van der Waals surface area contributed by atoms with Gasteiger partial charge in [-0.15, -0.1) is 23.7 Å². The molecule has 3 heterocycles. The Kier molecular flexibility index (Phi) is 6.00. The predicted molar refractivity (Wildman–Crippen MR) is 108 cm³/mol. The van der Waals surface area contributed by atoms with Gasteiger partial charge in [-0.25, -0.2) is 0 Å². The van der Waals surface area contributed by atoms with Crippen molar-refractivity contribution in [2.45, 2.75) is 56.7 Å². The summed E-state index contributed by atoms with van der Waals surface area (Å²) in [4.78, 5) is 27.0. The van der Waals surface area contributed by atoms with Crippen LogP contribution >= 0.6 is 23.7 Å². The number of halogens is 1. The Morgan fingerprint density at radius 1 is 1.15 bits per heavy atom. The number of hydrogen-bond donors (Lipinski definition) is 1. The lowest BCUT2D eigenvalue weighted by Crippen LogP contribution is -2.48. The number of benzene rings is 1. The molecule has 0 saturated carbocycles. The molecular formula is C20H25ClN2O2S. The molecule has 2 bridgehead atoms. The first-order chi connectivity index (χ1) is 12.1. The number of carbonyl (C=O) groups excluding carboxylic acids is 2. The van der Waals surface area contributed by atoms with Gasteiger partial charge in [-0.05, 0) is 31.7 Å². The molecule has 0 aliphatic carbocycles. The molecule has 2 atom stereocenters. The minimum Gasteiger partial charge on any atom is -0.343 e. The van der Waals surface area contributed by atoms with Gasteiger partial charge in [0.05, 0.1) is 0 Å². The molecule has 2 unspecified atom stereocenters. The highest BCUT2D eigenvalue weighted by Crippen LogP contribution is 2.30. The number of ketones is 1. The Labute approximate surface area is 164 Å². The number of rotatable bonds is 5. The van der Waals surface area contributed by atoms with Gasteiger partial charge in [-0.3, -0.25) is 9.59 Å². The van der Waals surface area contributed by atoms with Gasteiger partial charge in [0, 0.05) is 59.0 Å². The number of thiophene rings is 1. The van der Waals surface area contributed by atoms with Crippen LogP contribution in [-0.2, 0) is 4.79 Å². The summed E-state index contributed by atoms with van der Waals surface area (Å²) in [5.41, 5.74) is 0.760. The van der Waals surface area contributed by atoms with Crippen LogP contribution in [0.3, 0.4) is 0 Å². The maximum atomic E-state index is 12.6. The molecule has 1 amide bonds. The Morgan fingerprint density at radius 2 is 1.85 bits per heavy atom. The van der Waals surface area contributed by atoms with E-state index in [4.69, 9.17) is 0 Å². The number of nitrogens with one attached hydrogen (secondary N) is 1. The fourth-order valence-corrected chi connectivity index (χ4v) is 5.24. The topological polar surface area (TPSA) is 49.4 Å². The van der Waals surface area contributed by atoms with E-state index in [-0.39, 0.29) is 24.1 Å². The van der Waals surface area contributed by atoms with Crippen LogP contribution in [0.2, 0.25) is 0 Å². The highest BCUT2D eigenvalue weighted by atomic mass is 35.5. The van der Waals surface area contributed by atoms with Gasteiger partial charge < -0.3 is 10.2 Å². The van der Waals surface area contributed by atoms with Crippen molar-refractivity contribution < 1.29 is 9.59 Å². The van der Waals surface area contributed by atoms with E-state index in [9.17, 15) is 9.59 Å². The molecule has 2 aliphatic heterocycles. The number of hydrogen-bond acceptors (Lipinski definition) is 4. The molecule has 140 valence electrons. The van der Waals surface area contributed by atoms with E-state index < -0.39 is 0 Å². The largest absolute Gasteiger partial charge is 0.343 e. The van der Waals surface area contributed by atoms with Gasteiger partial charge in [-0.2, -0.15) is 0 Å². The molecule has 2 aromatic rings. The van der Waals surface area contributed by atoms with Gasteiger partial charge in [0.2, 0.25) is 5.91 Å². The third-order valence-electron chi connectivity index (χ3n) is 5.74. The van der Waals surface area contributed by atoms with Gasteiger partial charge >= 0.3 is 0 Å². The SMILES string of the molecule is CN(C(=O)CCC(=O)c1csc2ccccc12)C1CC2CCC(C1)N2.Cl. The molecule has 2 saturated heterocycles. The third-order valence-corrected chi connectivity index (χ3v) is 6.70. The Morgan fingerprint density at radius 3 is 2.58 bits per heavy atom. The zero-order valence-electron chi connectivity index (χ0n) is 14.9. The molecule has 4 nitrogen and oxygen atoms in total. The predicted octanol–water partition coefficient (Wildman–Crippen LogP) is 4.03. The second-order valence-electron chi connectivity index (χ2n) is 7.34. The van der Waals surface area contributed by atoms with Crippen molar-refractivity contribution in [2.24, 2.45) is 0 Å². The molecule has 26 heavy (non-hydrogen) atoms. The number of fused-ring (bicyclic) bond motifs is 3. The van der Waals surface area contributed by atoms with Crippen molar-refractivity contribution in [1.82, 2.24) is 10.2 Å². The molecule has 4 rings (SSSR count). The zero-order valence-corrected chi connectivity index (χ0v) is 16.6. The fraction of sp³-hybridized carbons (Fsp3) is 0.500. The summed E-state index contributed by atoms with van der Waals surface area (Å²) in [5.74, 6) is 0.170. The van der Waals surface area contributed by atoms with Gasteiger partial charge in [-0.1, -0.05) is 18.2 Å². The quantitative estimate of drug-likeness (QED) is 0.781. The lowest BCUT2D eigenvalue weighted by atomic mass is 9.98. The molecule has 1 aromatic heterocycles. The maximum absolute atomic E-state index is 12.6. The normalized spacial score (nSPS) is 24.3. The van der Waals surface area contributed by atoms with E-state index in [0.29, 0.717) is 31.0 Å². The van der Waals surface area contributed by atoms with Crippen molar-refractivity contribution in [2.75, 3.05) is 7.05 Å². The van der Waals surface area contributed by atoms with E-state index >= 15 is 0 Å². The van der Waals surface area contributed by atoms with Crippen molar-refractivity contribution in [1.29, 1.82) is 0 Å². The minimum absolute atomic E-state index is 0. The van der Waals surface area contributed by atoms with Gasteiger partial charge in [0.25, 0.3) is 0 Å². The molecular weight excluding hydrogens is 368 g/mol. The lowest BCUT2D eigenvalue weighted by molar-refractivity contribution is -0.132. The number of nitrogens with zero attached hydrogens (tertiary/aromatic N) is 1. The fourth-order valence-electron chi connectivity index (χ4n) is 4.27. The number of piperidine rings is 1. The molecule has 2 aliphatic rings. The Bertz CT molecular complexity index is 794. The molecule has 1 aromatic carbocycles. The van der Waals surface area contributed by atoms with Crippen LogP contribution in [-0.4, -0.2) is 41.8 Å². The summed E-state index contributed by atoms with van der Waals surface area (Å²) in [6, 6.07) is 9.41. The smallest absolute Gasteiger partial charge is 0.223 e.